The number of carbonyl (C=O) groups excluding carboxylic acids is 1. The fourth-order valence-corrected chi connectivity index (χ4v) is 6.16. The Labute approximate surface area is 191 Å². The zero-order chi connectivity index (χ0) is 22.9. The minimum atomic E-state index is -3.96. The maximum Gasteiger partial charge on any atom is 0.221 e. The number of nitrogens with zero attached hydrogens (tertiary/aromatic N) is 1. The molecule has 0 radical (unpaired) electrons. The lowest BCUT2D eigenvalue weighted by Crippen LogP contribution is -2.54. The van der Waals surface area contributed by atoms with Crippen molar-refractivity contribution >= 4 is 38.7 Å². The van der Waals surface area contributed by atoms with Crippen molar-refractivity contribution in [3.05, 3.63) is 88.9 Å². The summed E-state index contributed by atoms with van der Waals surface area (Å²) in [6, 6.07) is 22.6. The molecule has 0 spiro atoms. The number of nitrogens with one attached hydrogen (secondary N) is 2. The third kappa shape index (κ3) is 3.83. The van der Waals surface area contributed by atoms with E-state index in [-0.39, 0.29) is 17.2 Å². The zero-order valence-electron chi connectivity index (χ0n) is 17.2. The lowest BCUT2D eigenvalue weighted by molar-refractivity contribution is -0.114. The van der Waals surface area contributed by atoms with E-state index in [4.69, 9.17) is 11.6 Å². The van der Waals surface area contributed by atoms with E-state index in [9.17, 15) is 18.5 Å². The first kappa shape index (κ1) is 21.9. The molecule has 1 amide bonds. The second-order valence-electron chi connectivity index (χ2n) is 7.71. The summed E-state index contributed by atoms with van der Waals surface area (Å²) in [5.41, 5.74) is 1.27. The van der Waals surface area contributed by atoms with E-state index in [1.165, 1.54) is 13.0 Å². The normalized spacial score (nSPS) is 21.0. The van der Waals surface area contributed by atoms with Crippen LogP contribution in [0.3, 0.4) is 0 Å². The highest BCUT2D eigenvalue weighted by Crippen LogP contribution is 2.45. The van der Waals surface area contributed by atoms with Gasteiger partial charge in [-0.15, -0.1) is 0 Å². The molecule has 1 aliphatic rings. The maximum absolute atomic E-state index is 13.5. The highest BCUT2D eigenvalue weighted by Gasteiger charge is 2.52. The molecule has 8 heteroatoms. The van der Waals surface area contributed by atoms with Crippen molar-refractivity contribution in [3.63, 3.8) is 0 Å². The number of sulfone groups is 1. The first-order chi connectivity index (χ1) is 15.3. The molecule has 0 aliphatic carbocycles. The number of hydrogen-bond acceptors (Lipinski definition) is 5. The second-order valence-corrected chi connectivity index (χ2v) is 10.1. The number of rotatable bonds is 4. The molecule has 2 N–H and O–H groups in total. The van der Waals surface area contributed by atoms with Crippen LogP contribution in [0.25, 0.3) is 0 Å². The molecule has 0 bridgehead atoms. The summed E-state index contributed by atoms with van der Waals surface area (Å²) in [5, 5.41) is 15.3. The summed E-state index contributed by atoms with van der Waals surface area (Å²) in [5.74, 6) is -0.184. The largest absolute Gasteiger partial charge is 0.372 e. The Kier molecular flexibility index (Phi) is 5.68. The van der Waals surface area contributed by atoms with Crippen LogP contribution in [0.4, 0.5) is 11.4 Å². The number of benzene rings is 3. The van der Waals surface area contributed by atoms with E-state index in [0.717, 1.165) is 5.56 Å². The van der Waals surface area contributed by atoms with Crippen LogP contribution in [0.1, 0.15) is 18.1 Å². The summed E-state index contributed by atoms with van der Waals surface area (Å²) in [6.45, 7) is 1.43. The molecule has 2 unspecified atom stereocenters. The predicted molar refractivity (Wildman–Crippen MR) is 124 cm³/mol. The molecule has 0 saturated carbocycles. The van der Waals surface area contributed by atoms with Gasteiger partial charge in [0.15, 0.2) is 15.1 Å². The van der Waals surface area contributed by atoms with E-state index in [1.54, 1.807) is 54.6 Å². The van der Waals surface area contributed by atoms with Gasteiger partial charge >= 0.3 is 0 Å². The van der Waals surface area contributed by atoms with Crippen molar-refractivity contribution in [2.75, 3.05) is 10.6 Å². The van der Waals surface area contributed by atoms with Gasteiger partial charge in [0.2, 0.25) is 5.91 Å². The fourth-order valence-electron chi connectivity index (χ4n) is 4.14. The number of fused-ring (bicyclic) bond motifs is 1. The van der Waals surface area contributed by atoms with E-state index < -0.39 is 20.6 Å². The van der Waals surface area contributed by atoms with Crippen LogP contribution >= 0.6 is 11.6 Å². The Bertz CT molecular complexity index is 1320. The van der Waals surface area contributed by atoms with E-state index in [0.29, 0.717) is 22.0 Å². The number of hydrogen-bond donors (Lipinski definition) is 2. The van der Waals surface area contributed by atoms with Gasteiger partial charge in [0, 0.05) is 24.1 Å². The van der Waals surface area contributed by atoms with Crippen molar-refractivity contribution in [1.29, 1.82) is 5.26 Å². The van der Waals surface area contributed by atoms with Crippen molar-refractivity contribution in [2.45, 2.75) is 29.0 Å². The number of para-hydroxylation sites is 1. The van der Waals surface area contributed by atoms with Gasteiger partial charge in [-0.25, -0.2) is 8.42 Å². The first-order valence-corrected chi connectivity index (χ1v) is 11.8. The lowest BCUT2D eigenvalue weighted by Gasteiger charge is -2.43. The van der Waals surface area contributed by atoms with Crippen LogP contribution in [-0.4, -0.2) is 19.6 Å². The number of halogens is 1. The average molecular weight is 466 g/mol. The molecule has 6 nitrogen and oxygen atoms in total. The SMILES string of the molecule is CC(=O)Nc1ccc(CC2(c3ccc(Cl)cc3)Nc3ccccc3S(=O)(=O)C2C#N)cc1. The molecular weight excluding hydrogens is 446 g/mol. The molecule has 162 valence electrons. The summed E-state index contributed by atoms with van der Waals surface area (Å²) in [6.07, 6.45) is 0.223. The van der Waals surface area contributed by atoms with E-state index in [2.05, 4.69) is 16.7 Å². The Morgan fingerprint density at radius 2 is 1.75 bits per heavy atom. The number of amides is 1. The van der Waals surface area contributed by atoms with Gasteiger partial charge in [-0.1, -0.05) is 48.0 Å². The minimum Gasteiger partial charge on any atom is -0.372 e. The molecular formula is C24H20ClN3O3S. The van der Waals surface area contributed by atoms with Gasteiger partial charge in [0.25, 0.3) is 0 Å². The molecule has 3 aromatic carbocycles. The Hall–Kier alpha value is -3.34. The van der Waals surface area contributed by atoms with Gasteiger partial charge in [0.05, 0.1) is 22.2 Å². The first-order valence-electron chi connectivity index (χ1n) is 9.89. The van der Waals surface area contributed by atoms with Crippen LogP contribution in [-0.2, 0) is 26.6 Å². The molecule has 4 rings (SSSR count). The Balaban J connectivity index is 1.88. The van der Waals surface area contributed by atoms with Gasteiger partial charge in [0.1, 0.15) is 0 Å². The molecule has 3 aromatic rings. The molecule has 0 saturated heterocycles. The summed E-state index contributed by atoms with van der Waals surface area (Å²) in [7, 11) is -3.96. The van der Waals surface area contributed by atoms with Gasteiger partial charge in [-0.05, 0) is 47.5 Å². The molecule has 2 atom stereocenters. The highest BCUT2D eigenvalue weighted by atomic mass is 35.5. The summed E-state index contributed by atoms with van der Waals surface area (Å²) in [4.78, 5) is 11.4. The van der Waals surface area contributed by atoms with Crippen LogP contribution < -0.4 is 10.6 Å². The monoisotopic (exact) mass is 465 g/mol. The number of carbonyl (C=O) groups is 1. The quantitative estimate of drug-likeness (QED) is 0.589. The predicted octanol–water partition coefficient (Wildman–Crippen LogP) is 4.53. The van der Waals surface area contributed by atoms with Gasteiger partial charge in [-0.3, -0.25) is 4.79 Å². The average Bonchev–Trinajstić information content (AvgIpc) is 2.75. The zero-order valence-corrected chi connectivity index (χ0v) is 18.7. The van der Waals surface area contributed by atoms with Crippen molar-refractivity contribution in [1.82, 2.24) is 0 Å². The highest BCUT2D eigenvalue weighted by molar-refractivity contribution is 7.92. The summed E-state index contributed by atoms with van der Waals surface area (Å²) >= 11 is 6.08. The maximum atomic E-state index is 13.5. The summed E-state index contributed by atoms with van der Waals surface area (Å²) < 4.78 is 27.0. The smallest absolute Gasteiger partial charge is 0.221 e. The third-order valence-corrected chi connectivity index (χ3v) is 7.89. The third-order valence-electron chi connectivity index (χ3n) is 5.54. The number of anilines is 2. The van der Waals surface area contributed by atoms with Crippen LogP contribution in [0.2, 0.25) is 5.02 Å². The van der Waals surface area contributed by atoms with Crippen LogP contribution in [0.15, 0.2) is 77.7 Å². The lowest BCUT2D eigenvalue weighted by atomic mass is 9.80. The molecule has 1 heterocycles. The van der Waals surface area contributed by atoms with Gasteiger partial charge < -0.3 is 10.6 Å². The Morgan fingerprint density at radius 3 is 2.38 bits per heavy atom. The van der Waals surface area contributed by atoms with E-state index >= 15 is 0 Å². The van der Waals surface area contributed by atoms with Gasteiger partial charge in [-0.2, -0.15) is 5.26 Å². The van der Waals surface area contributed by atoms with Crippen molar-refractivity contribution in [2.24, 2.45) is 0 Å². The molecule has 0 aromatic heterocycles. The van der Waals surface area contributed by atoms with Crippen LogP contribution in [0, 0.1) is 11.3 Å². The standard InChI is InChI=1S/C24H20ClN3O3S/c1-16(29)27-20-12-6-17(7-13-20)14-24(18-8-10-19(25)11-9-18)23(15-26)32(30,31)22-5-3-2-4-21(22)28-24/h2-13,23,28H,14H2,1H3,(H,27,29). The van der Waals surface area contributed by atoms with Crippen LogP contribution in [0.5, 0.6) is 0 Å². The topological polar surface area (TPSA) is 99.1 Å². The number of nitriles is 1. The minimum absolute atomic E-state index is 0.108. The van der Waals surface area contributed by atoms with Crippen molar-refractivity contribution in [3.8, 4) is 6.07 Å². The molecule has 32 heavy (non-hydrogen) atoms. The second kappa shape index (κ2) is 8.30. The van der Waals surface area contributed by atoms with Crippen molar-refractivity contribution < 1.29 is 13.2 Å². The molecule has 1 aliphatic heterocycles. The molecule has 0 fully saturated rings. The van der Waals surface area contributed by atoms with E-state index in [1.807, 2.05) is 12.1 Å². The fraction of sp³-hybridized carbons (Fsp3) is 0.167. The Morgan fingerprint density at radius 1 is 1.09 bits per heavy atom.